The molecule has 2 rings (SSSR count). The Morgan fingerprint density at radius 1 is 1.33 bits per heavy atom. The molecule has 1 atom stereocenters. The van der Waals surface area contributed by atoms with Crippen molar-refractivity contribution in [3.8, 4) is 0 Å². The zero-order chi connectivity index (χ0) is 15.1. The Labute approximate surface area is 127 Å². The third kappa shape index (κ3) is 4.11. The van der Waals surface area contributed by atoms with Crippen LogP contribution in [0.15, 0.2) is 29.3 Å². The Kier molecular flexibility index (Phi) is 5.87. The van der Waals surface area contributed by atoms with Crippen molar-refractivity contribution in [1.29, 1.82) is 0 Å². The summed E-state index contributed by atoms with van der Waals surface area (Å²) in [5, 5.41) is 6.57. The number of aliphatic imine (C=N–C) groups is 1. The van der Waals surface area contributed by atoms with E-state index in [0.717, 1.165) is 32.0 Å². The molecule has 1 aromatic carbocycles. The van der Waals surface area contributed by atoms with Crippen LogP contribution in [0.3, 0.4) is 0 Å². The molecule has 0 aliphatic carbocycles. The van der Waals surface area contributed by atoms with Gasteiger partial charge in [0.1, 0.15) is 0 Å². The van der Waals surface area contributed by atoms with E-state index in [1.54, 1.807) is 14.2 Å². The SMILES string of the molecule is CN=C(NCCOC)NCCN1c2ccccc2CC1C. The van der Waals surface area contributed by atoms with E-state index < -0.39 is 0 Å². The molecular weight excluding hydrogens is 264 g/mol. The number of guanidine groups is 1. The number of fused-ring (bicyclic) bond motifs is 1. The highest BCUT2D eigenvalue weighted by Gasteiger charge is 2.24. The predicted octanol–water partition coefficient (Wildman–Crippen LogP) is 1.25. The molecule has 0 amide bonds. The molecule has 1 aromatic rings. The van der Waals surface area contributed by atoms with Crippen molar-refractivity contribution in [2.45, 2.75) is 19.4 Å². The average Bonchev–Trinajstić information content (AvgIpc) is 2.82. The fraction of sp³-hybridized carbons (Fsp3) is 0.562. The number of methoxy groups -OCH3 is 1. The molecule has 5 nitrogen and oxygen atoms in total. The summed E-state index contributed by atoms with van der Waals surface area (Å²) in [6.07, 6.45) is 1.14. The summed E-state index contributed by atoms with van der Waals surface area (Å²) in [7, 11) is 3.49. The first-order valence-corrected chi connectivity index (χ1v) is 7.54. The number of benzene rings is 1. The molecule has 0 bridgehead atoms. The van der Waals surface area contributed by atoms with Crippen molar-refractivity contribution in [2.24, 2.45) is 4.99 Å². The van der Waals surface area contributed by atoms with Gasteiger partial charge in [0, 0.05) is 45.5 Å². The second-order valence-corrected chi connectivity index (χ2v) is 5.29. The minimum Gasteiger partial charge on any atom is -0.383 e. The summed E-state index contributed by atoms with van der Waals surface area (Å²) in [5.41, 5.74) is 2.82. The number of hydrogen-bond acceptors (Lipinski definition) is 3. The molecule has 5 heteroatoms. The van der Waals surface area contributed by atoms with E-state index in [-0.39, 0.29) is 0 Å². The van der Waals surface area contributed by atoms with Gasteiger partial charge in [-0.3, -0.25) is 4.99 Å². The molecule has 1 heterocycles. The number of hydrogen-bond donors (Lipinski definition) is 2. The fourth-order valence-electron chi connectivity index (χ4n) is 2.76. The lowest BCUT2D eigenvalue weighted by Gasteiger charge is -2.25. The molecule has 0 radical (unpaired) electrons. The zero-order valence-electron chi connectivity index (χ0n) is 13.2. The summed E-state index contributed by atoms with van der Waals surface area (Å²) >= 11 is 0. The number of para-hydroxylation sites is 1. The maximum Gasteiger partial charge on any atom is 0.191 e. The maximum absolute atomic E-state index is 5.02. The third-order valence-corrected chi connectivity index (χ3v) is 3.82. The Balaban J connectivity index is 1.80. The highest BCUT2D eigenvalue weighted by atomic mass is 16.5. The van der Waals surface area contributed by atoms with Crippen molar-refractivity contribution in [1.82, 2.24) is 10.6 Å². The highest BCUT2D eigenvalue weighted by Crippen LogP contribution is 2.30. The van der Waals surface area contributed by atoms with Crippen LogP contribution in [-0.4, -0.2) is 52.4 Å². The van der Waals surface area contributed by atoms with Crippen LogP contribution in [0.2, 0.25) is 0 Å². The topological polar surface area (TPSA) is 48.9 Å². The van der Waals surface area contributed by atoms with E-state index in [4.69, 9.17) is 4.74 Å². The van der Waals surface area contributed by atoms with Crippen LogP contribution in [0.25, 0.3) is 0 Å². The molecular formula is C16H26N4O. The van der Waals surface area contributed by atoms with E-state index in [0.29, 0.717) is 12.6 Å². The molecule has 2 N–H and O–H groups in total. The summed E-state index contributed by atoms with van der Waals surface area (Å²) in [6.45, 7) is 5.57. The molecule has 1 unspecified atom stereocenters. The van der Waals surface area contributed by atoms with Gasteiger partial charge in [-0.2, -0.15) is 0 Å². The predicted molar refractivity (Wildman–Crippen MR) is 88.2 cm³/mol. The standard InChI is InChI=1S/C16H26N4O/c1-13-12-14-6-4-5-7-15(14)20(13)10-8-18-16(17-2)19-9-11-21-3/h4-7,13H,8-12H2,1-3H3,(H2,17,18,19). The molecule has 0 aromatic heterocycles. The number of rotatable bonds is 6. The second kappa shape index (κ2) is 7.88. The van der Waals surface area contributed by atoms with Crippen molar-refractivity contribution in [2.75, 3.05) is 45.3 Å². The van der Waals surface area contributed by atoms with Crippen LogP contribution < -0.4 is 15.5 Å². The van der Waals surface area contributed by atoms with E-state index in [2.05, 4.69) is 51.7 Å². The Morgan fingerprint density at radius 3 is 2.86 bits per heavy atom. The summed E-state index contributed by atoms with van der Waals surface area (Å²) in [6, 6.07) is 9.24. The van der Waals surface area contributed by atoms with Gasteiger partial charge in [0.2, 0.25) is 0 Å². The molecule has 0 spiro atoms. The van der Waals surface area contributed by atoms with Gasteiger partial charge < -0.3 is 20.3 Å². The van der Waals surface area contributed by atoms with E-state index in [1.807, 2.05) is 0 Å². The van der Waals surface area contributed by atoms with Gasteiger partial charge in [0.25, 0.3) is 0 Å². The largest absolute Gasteiger partial charge is 0.383 e. The Bertz CT molecular complexity index is 475. The molecule has 1 aliphatic rings. The molecule has 1 aliphatic heterocycles. The van der Waals surface area contributed by atoms with E-state index >= 15 is 0 Å². The van der Waals surface area contributed by atoms with Gasteiger partial charge in [-0.25, -0.2) is 0 Å². The lowest BCUT2D eigenvalue weighted by atomic mass is 10.1. The minimum absolute atomic E-state index is 0.563. The van der Waals surface area contributed by atoms with Gasteiger partial charge in [-0.15, -0.1) is 0 Å². The Hall–Kier alpha value is -1.75. The monoisotopic (exact) mass is 290 g/mol. The lowest BCUT2D eigenvalue weighted by Crippen LogP contribution is -2.43. The van der Waals surface area contributed by atoms with Crippen molar-refractivity contribution in [3.63, 3.8) is 0 Å². The number of nitrogens with zero attached hydrogens (tertiary/aromatic N) is 2. The average molecular weight is 290 g/mol. The first kappa shape index (κ1) is 15.6. The summed E-state index contributed by atoms with van der Waals surface area (Å²) < 4.78 is 5.02. The quantitative estimate of drug-likeness (QED) is 0.470. The highest BCUT2D eigenvalue weighted by molar-refractivity contribution is 5.79. The van der Waals surface area contributed by atoms with Crippen LogP contribution in [0.4, 0.5) is 5.69 Å². The van der Waals surface area contributed by atoms with Crippen LogP contribution >= 0.6 is 0 Å². The number of anilines is 1. The van der Waals surface area contributed by atoms with Crippen LogP contribution in [0, 0.1) is 0 Å². The fourth-order valence-corrected chi connectivity index (χ4v) is 2.76. The van der Waals surface area contributed by atoms with Crippen molar-refractivity contribution < 1.29 is 4.74 Å². The molecule has 0 saturated heterocycles. The van der Waals surface area contributed by atoms with Crippen LogP contribution in [0.5, 0.6) is 0 Å². The third-order valence-electron chi connectivity index (χ3n) is 3.82. The van der Waals surface area contributed by atoms with Crippen LogP contribution in [-0.2, 0) is 11.2 Å². The van der Waals surface area contributed by atoms with Gasteiger partial charge in [0.05, 0.1) is 6.61 Å². The van der Waals surface area contributed by atoms with Crippen molar-refractivity contribution >= 4 is 11.6 Å². The minimum atomic E-state index is 0.563. The van der Waals surface area contributed by atoms with Crippen LogP contribution in [0.1, 0.15) is 12.5 Å². The Morgan fingerprint density at radius 2 is 2.10 bits per heavy atom. The molecule has 0 saturated carbocycles. The molecule has 0 fully saturated rings. The molecule has 21 heavy (non-hydrogen) atoms. The first-order valence-electron chi connectivity index (χ1n) is 7.54. The van der Waals surface area contributed by atoms with E-state index in [9.17, 15) is 0 Å². The normalized spacial score (nSPS) is 17.8. The second-order valence-electron chi connectivity index (χ2n) is 5.29. The smallest absolute Gasteiger partial charge is 0.191 e. The van der Waals surface area contributed by atoms with Gasteiger partial charge in [-0.05, 0) is 25.0 Å². The van der Waals surface area contributed by atoms with Gasteiger partial charge in [-0.1, -0.05) is 18.2 Å². The van der Waals surface area contributed by atoms with Gasteiger partial charge >= 0.3 is 0 Å². The number of nitrogens with one attached hydrogen (secondary N) is 2. The first-order chi connectivity index (χ1) is 10.3. The molecule has 116 valence electrons. The number of ether oxygens (including phenoxy) is 1. The zero-order valence-corrected chi connectivity index (χ0v) is 13.2. The van der Waals surface area contributed by atoms with Gasteiger partial charge in [0.15, 0.2) is 5.96 Å². The summed E-state index contributed by atoms with van der Waals surface area (Å²) in [5.74, 6) is 0.826. The van der Waals surface area contributed by atoms with E-state index in [1.165, 1.54) is 11.3 Å². The summed E-state index contributed by atoms with van der Waals surface area (Å²) in [4.78, 5) is 6.67. The lowest BCUT2D eigenvalue weighted by molar-refractivity contribution is 0.203. The van der Waals surface area contributed by atoms with Crippen molar-refractivity contribution in [3.05, 3.63) is 29.8 Å². The maximum atomic E-state index is 5.02.